The smallest absolute Gasteiger partial charge is 0.274 e. The van der Waals surface area contributed by atoms with E-state index in [1.54, 1.807) is 10.9 Å². The summed E-state index contributed by atoms with van der Waals surface area (Å²) in [5.74, 6) is 0. The molecule has 0 radical (unpaired) electrons. The van der Waals surface area contributed by atoms with Gasteiger partial charge in [0.25, 0.3) is 5.56 Å². The summed E-state index contributed by atoms with van der Waals surface area (Å²) >= 11 is 3.44. The molecule has 1 aliphatic rings. The monoisotopic (exact) mass is 308 g/mol. The van der Waals surface area contributed by atoms with Crippen LogP contribution in [0.5, 0.6) is 0 Å². The van der Waals surface area contributed by atoms with Crippen LogP contribution in [-0.2, 0) is 4.74 Å². The molecular weight excluding hydrogens is 296 g/mol. The first-order valence-corrected chi connectivity index (χ1v) is 6.80. The maximum atomic E-state index is 12.4. The van der Waals surface area contributed by atoms with Crippen molar-refractivity contribution in [3.8, 4) is 0 Å². The Hall–Kier alpha value is -1.20. The normalized spacial score (nSPS) is 17.2. The van der Waals surface area contributed by atoms with Crippen molar-refractivity contribution in [2.24, 2.45) is 0 Å². The predicted octanol–water partition coefficient (Wildman–Crippen LogP) is 2.51. The van der Waals surface area contributed by atoms with E-state index in [2.05, 4.69) is 21.0 Å². The van der Waals surface area contributed by atoms with E-state index >= 15 is 0 Å². The molecule has 4 nitrogen and oxygen atoms in total. The van der Waals surface area contributed by atoms with Gasteiger partial charge in [-0.3, -0.25) is 4.79 Å². The fraction of sp³-hybridized carbons (Fsp3) is 0.385. The highest BCUT2D eigenvalue weighted by molar-refractivity contribution is 9.10. The molecule has 3 rings (SSSR count). The summed E-state index contributed by atoms with van der Waals surface area (Å²) in [5, 5.41) is 5.89. The number of hydrogen-bond donors (Lipinski definition) is 0. The average molecular weight is 309 g/mol. The van der Waals surface area contributed by atoms with Gasteiger partial charge in [0.1, 0.15) is 0 Å². The van der Waals surface area contributed by atoms with Crippen molar-refractivity contribution in [1.82, 2.24) is 9.78 Å². The second kappa shape index (κ2) is 4.82. The second-order valence-corrected chi connectivity index (χ2v) is 5.29. The minimum absolute atomic E-state index is 0.0132. The maximum absolute atomic E-state index is 12.4. The third-order valence-corrected chi connectivity index (χ3v) is 4.03. The maximum Gasteiger partial charge on any atom is 0.274 e. The summed E-state index contributed by atoms with van der Waals surface area (Å²) < 4.78 is 7.83. The third-order valence-electron chi connectivity index (χ3n) is 3.34. The van der Waals surface area contributed by atoms with E-state index in [0.717, 1.165) is 22.7 Å². The molecule has 2 heterocycles. The fourth-order valence-electron chi connectivity index (χ4n) is 2.34. The summed E-state index contributed by atoms with van der Waals surface area (Å²) in [4.78, 5) is 12.4. The van der Waals surface area contributed by atoms with Crippen molar-refractivity contribution in [1.29, 1.82) is 0 Å². The van der Waals surface area contributed by atoms with Gasteiger partial charge < -0.3 is 4.74 Å². The van der Waals surface area contributed by atoms with E-state index in [1.165, 1.54) is 0 Å². The van der Waals surface area contributed by atoms with E-state index in [9.17, 15) is 4.79 Å². The lowest BCUT2D eigenvalue weighted by Crippen LogP contribution is -2.31. The number of aromatic nitrogens is 2. The molecule has 0 N–H and O–H groups in total. The minimum Gasteiger partial charge on any atom is -0.381 e. The average Bonchev–Trinajstić information content (AvgIpc) is 2.41. The first-order valence-electron chi connectivity index (χ1n) is 6.01. The molecule has 1 aliphatic heterocycles. The van der Waals surface area contributed by atoms with Gasteiger partial charge in [0.2, 0.25) is 0 Å². The van der Waals surface area contributed by atoms with Crippen LogP contribution < -0.4 is 5.56 Å². The third kappa shape index (κ3) is 1.97. The van der Waals surface area contributed by atoms with Gasteiger partial charge in [-0.25, -0.2) is 4.68 Å². The summed E-state index contributed by atoms with van der Waals surface area (Å²) in [6.45, 7) is 1.41. The van der Waals surface area contributed by atoms with Crippen LogP contribution in [0, 0.1) is 0 Å². The van der Waals surface area contributed by atoms with Gasteiger partial charge in [-0.1, -0.05) is 22.0 Å². The lowest BCUT2D eigenvalue weighted by atomic mass is 10.1. The molecule has 1 aromatic carbocycles. The highest BCUT2D eigenvalue weighted by atomic mass is 79.9. The van der Waals surface area contributed by atoms with Gasteiger partial charge in [0.15, 0.2) is 0 Å². The van der Waals surface area contributed by atoms with Crippen molar-refractivity contribution in [3.63, 3.8) is 0 Å². The Kier molecular flexibility index (Phi) is 3.18. The molecule has 0 saturated carbocycles. The van der Waals surface area contributed by atoms with E-state index < -0.39 is 0 Å². The van der Waals surface area contributed by atoms with Crippen LogP contribution in [0.3, 0.4) is 0 Å². The van der Waals surface area contributed by atoms with E-state index in [0.29, 0.717) is 18.6 Å². The Labute approximate surface area is 113 Å². The number of benzene rings is 1. The largest absolute Gasteiger partial charge is 0.381 e. The predicted molar refractivity (Wildman–Crippen MR) is 72.8 cm³/mol. The van der Waals surface area contributed by atoms with Crippen molar-refractivity contribution < 1.29 is 4.74 Å². The van der Waals surface area contributed by atoms with Crippen molar-refractivity contribution in [3.05, 3.63) is 39.2 Å². The Morgan fingerprint density at radius 1 is 1.28 bits per heavy atom. The zero-order valence-corrected chi connectivity index (χ0v) is 11.4. The van der Waals surface area contributed by atoms with Crippen molar-refractivity contribution in [2.75, 3.05) is 13.2 Å². The topological polar surface area (TPSA) is 44.1 Å². The van der Waals surface area contributed by atoms with Crippen molar-refractivity contribution in [2.45, 2.75) is 18.9 Å². The van der Waals surface area contributed by atoms with Crippen molar-refractivity contribution >= 4 is 26.7 Å². The zero-order chi connectivity index (χ0) is 12.5. The van der Waals surface area contributed by atoms with Crippen LogP contribution in [0.2, 0.25) is 0 Å². The molecule has 94 valence electrons. The van der Waals surface area contributed by atoms with Gasteiger partial charge in [-0.05, 0) is 25.0 Å². The summed E-state index contributed by atoms with van der Waals surface area (Å²) in [6, 6.07) is 5.80. The number of fused-ring (bicyclic) bond motifs is 1. The lowest BCUT2D eigenvalue weighted by molar-refractivity contribution is 0.0650. The Bertz CT molecular complexity index is 632. The van der Waals surface area contributed by atoms with Crippen LogP contribution >= 0.6 is 15.9 Å². The molecule has 1 saturated heterocycles. The molecule has 2 aromatic rings. The number of nitrogens with zero attached hydrogens (tertiary/aromatic N) is 2. The highest BCUT2D eigenvalue weighted by Gasteiger charge is 2.18. The van der Waals surface area contributed by atoms with Crippen LogP contribution in [0.1, 0.15) is 18.9 Å². The molecule has 18 heavy (non-hydrogen) atoms. The molecule has 0 amide bonds. The zero-order valence-electron chi connectivity index (χ0n) is 9.80. The van der Waals surface area contributed by atoms with E-state index in [4.69, 9.17) is 4.74 Å². The molecule has 1 fully saturated rings. The summed E-state index contributed by atoms with van der Waals surface area (Å²) in [6.07, 6.45) is 3.47. The molecule has 0 bridgehead atoms. The minimum atomic E-state index is -0.0132. The van der Waals surface area contributed by atoms with Gasteiger partial charge in [-0.15, -0.1) is 0 Å². The molecule has 0 unspecified atom stereocenters. The number of ether oxygens (including phenoxy) is 1. The van der Waals surface area contributed by atoms with E-state index in [1.807, 2.05) is 18.2 Å². The molecule has 1 aromatic heterocycles. The molecule has 0 atom stereocenters. The SMILES string of the molecule is O=c1c2cccc(Br)c2cnn1C1CCOCC1. The Morgan fingerprint density at radius 2 is 2.06 bits per heavy atom. The first kappa shape index (κ1) is 11.9. The first-order chi connectivity index (χ1) is 8.77. The molecule has 0 aliphatic carbocycles. The highest BCUT2D eigenvalue weighted by Crippen LogP contribution is 2.22. The number of rotatable bonds is 1. The van der Waals surface area contributed by atoms with Gasteiger partial charge >= 0.3 is 0 Å². The molecule has 0 spiro atoms. The second-order valence-electron chi connectivity index (χ2n) is 4.44. The molecular formula is C13H13BrN2O2. The number of hydrogen-bond acceptors (Lipinski definition) is 3. The van der Waals surface area contributed by atoms with Crippen LogP contribution in [0.15, 0.2) is 33.7 Å². The van der Waals surface area contributed by atoms with Crippen LogP contribution in [0.25, 0.3) is 10.8 Å². The molecule has 5 heteroatoms. The Morgan fingerprint density at radius 3 is 2.83 bits per heavy atom. The van der Waals surface area contributed by atoms with Gasteiger partial charge in [0, 0.05) is 23.1 Å². The quantitative estimate of drug-likeness (QED) is 0.813. The van der Waals surface area contributed by atoms with Crippen LogP contribution in [-0.4, -0.2) is 23.0 Å². The fourth-order valence-corrected chi connectivity index (χ4v) is 2.81. The van der Waals surface area contributed by atoms with Gasteiger partial charge in [-0.2, -0.15) is 5.10 Å². The van der Waals surface area contributed by atoms with Gasteiger partial charge in [0.05, 0.1) is 17.6 Å². The summed E-state index contributed by atoms with van der Waals surface area (Å²) in [5.41, 5.74) is -0.0132. The summed E-state index contributed by atoms with van der Waals surface area (Å²) in [7, 11) is 0. The lowest BCUT2D eigenvalue weighted by Gasteiger charge is -2.23. The standard InChI is InChI=1S/C13H13BrN2O2/c14-12-3-1-2-10-11(12)8-15-16(13(10)17)9-4-6-18-7-5-9/h1-3,8-9H,4-7H2. The van der Waals surface area contributed by atoms with Crippen LogP contribution in [0.4, 0.5) is 0 Å². The van der Waals surface area contributed by atoms with E-state index in [-0.39, 0.29) is 11.6 Å². The Balaban J connectivity index is 2.14. The number of halogens is 1.